The molecule has 2 heterocycles. The summed E-state index contributed by atoms with van der Waals surface area (Å²) in [5.74, 6) is 1.79. The van der Waals surface area contributed by atoms with Crippen molar-refractivity contribution in [1.82, 2.24) is 14.5 Å². The van der Waals surface area contributed by atoms with E-state index in [1.165, 1.54) is 11.2 Å². The van der Waals surface area contributed by atoms with Gasteiger partial charge in [0, 0.05) is 24.0 Å². The molecule has 190 valence electrons. The zero-order chi connectivity index (χ0) is 25.8. The molecule has 0 radical (unpaired) electrons. The summed E-state index contributed by atoms with van der Waals surface area (Å²) in [4.78, 5) is 32.4. The number of nitrogens with one attached hydrogen (secondary N) is 1. The summed E-state index contributed by atoms with van der Waals surface area (Å²) >= 11 is 0. The molecule has 1 aliphatic carbocycles. The summed E-state index contributed by atoms with van der Waals surface area (Å²) in [6.45, 7) is 0.403. The number of furan rings is 1. The number of carbonyl (C=O) groups is 2. The van der Waals surface area contributed by atoms with Gasteiger partial charge in [0.1, 0.15) is 18.0 Å². The first-order chi connectivity index (χ1) is 18.0. The number of hydrogen-bond donors (Lipinski definition) is 1. The molecule has 0 bridgehead atoms. The standard InChI is InChI=1S/C28H28N4O5/c1-35-22-11-7-20(8-12-22)24-17-32(21-9-13-23(36-2)14-10-21)28(29-24)30-26(33)18-31(16-19-5-6-19)27(34)25-4-3-15-37-25/h3-4,7-15,17,19H,5-6,16,18H2,1-2H3,(H,29,30,33). The molecule has 1 aliphatic rings. The van der Waals surface area contributed by atoms with Gasteiger partial charge in [-0.15, -0.1) is 0 Å². The van der Waals surface area contributed by atoms with Crippen molar-refractivity contribution in [3.05, 3.63) is 78.9 Å². The minimum absolute atomic E-state index is 0.108. The maximum Gasteiger partial charge on any atom is 0.290 e. The van der Waals surface area contributed by atoms with E-state index < -0.39 is 0 Å². The fraction of sp³-hybridized carbons (Fsp3) is 0.250. The number of aromatic nitrogens is 2. The summed E-state index contributed by atoms with van der Waals surface area (Å²) in [7, 11) is 3.22. The second kappa shape index (κ2) is 10.6. The highest BCUT2D eigenvalue weighted by atomic mass is 16.5. The van der Waals surface area contributed by atoms with Crippen LogP contribution in [0.5, 0.6) is 11.5 Å². The lowest BCUT2D eigenvalue weighted by Gasteiger charge is -2.21. The van der Waals surface area contributed by atoms with E-state index >= 15 is 0 Å². The van der Waals surface area contributed by atoms with Gasteiger partial charge in [-0.25, -0.2) is 4.98 Å². The van der Waals surface area contributed by atoms with Crippen molar-refractivity contribution in [1.29, 1.82) is 0 Å². The van der Waals surface area contributed by atoms with Crippen LogP contribution in [0.25, 0.3) is 16.9 Å². The molecule has 2 aromatic heterocycles. The number of imidazole rings is 1. The van der Waals surface area contributed by atoms with E-state index in [1.54, 1.807) is 30.9 Å². The van der Waals surface area contributed by atoms with Crippen LogP contribution in [0.4, 0.5) is 5.95 Å². The lowest BCUT2D eigenvalue weighted by molar-refractivity contribution is -0.117. The smallest absolute Gasteiger partial charge is 0.290 e. The summed E-state index contributed by atoms with van der Waals surface area (Å²) in [6, 6.07) is 18.2. The Labute approximate surface area is 214 Å². The van der Waals surface area contributed by atoms with E-state index in [0.717, 1.165) is 35.6 Å². The van der Waals surface area contributed by atoms with Crippen LogP contribution in [0, 0.1) is 5.92 Å². The maximum absolute atomic E-state index is 13.2. The number of carbonyl (C=O) groups excluding carboxylic acids is 2. The minimum atomic E-state index is -0.345. The SMILES string of the molecule is COc1ccc(-c2cn(-c3ccc(OC)cc3)c(NC(=O)CN(CC3CC3)C(=O)c3ccco3)n2)cc1. The van der Waals surface area contributed by atoms with Crippen molar-refractivity contribution >= 4 is 17.8 Å². The number of ether oxygens (including phenoxy) is 2. The molecular formula is C28H28N4O5. The van der Waals surface area contributed by atoms with Crippen molar-refractivity contribution in [2.45, 2.75) is 12.8 Å². The summed E-state index contributed by atoms with van der Waals surface area (Å²) in [5, 5.41) is 2.91. The molecule has 1 fully saturated rings. The van der Waals surface area contributed by atoms with Gasteiger partial charge in [0.05, 0.1) is 26.2 Å². The molecule has 2 aromatic carbocycles. The second-order valence-electron chi connectivity index (χ2n) is 8.90. The highest BCUT2D eigenvalue weighted by Gasteiger charge is 2.30. The van der Waals surface area contributed by atoms with E-state index in [1.807, 2.05) is 54.7 Å². The number of benzene rings is 2. The largest absolute Gasteiger partial charge is 0.497 e. The topological polar surface area (TPSA) is 98.8 Å². The van der Waals surface area contributed by atoms with Gasteiger partial charge in [0.25, 0.3) is 5.91 Å². The monoisotopic (exact) mass is 500 g/mol. The predicted octanol–water partition coefficient (Wildman–Crippen LogP) is 4.64. The number of hydrogen-bond acceptors (Lipinski definition) is 6. The van der Waals surface area contributed by atoms with Crippen molar-refractivity contribution in [3.8, 4) is 28.4 Å². The molecule has 1 saturated carbocycles. The van der Waals surface area contributed by atoms with Gasteiger partial charge in [-0.2, -0.15) is 0 Å². The molecule has 0 saturated heterocycles. The Hall–Kier alpha value is -4.53. The van der Waals surface area contributed by atoms with Gasteiger partial charge in [0.2, 0.25) is 11.9 Å². The Kier molecular flexibility index (Phi) is 6.93. The minimum Gasteiger partial charge on any atom is -0.497 e. The third-order valence-corrected chi connectivity index (χ3v) is 6.22. The first-order valence-electron chi connectivity index (χ1n) is 12.0. The first-order valence-corrected chi connectivity index (χ1v) is 12.0. The zero-order valence-electron chi connectivity index (χ0n) is 20.7. The van der Waals surface area contributed by atoms with Gasteiger partial charge in [-0.05, 0) is 79.4 Å². The highest BCUT2D eigenvalue weighted by Crippen LogP contribution is 2.30. The molecule has 0 atom stereocenters. The Morgan fingerprint density at radius 3 is 2.30 bits per heavy atom. The van der Waals surface area contributed by atoms with Gasteiger partial charge >= 0.3 is 0 Å². The van der Waals surface area contributed by atoms with Gasteiger partial charge in [-0.3, -0.25) is 19.5 Å². The third-order valence-electron chi connectivity index (χ3n) is 6.22. The van der Waals surface area contributed by atoms with Crippen LogP contribution in [0.2, 0.25) is 0 Å². The van der Waals surface area contributed by atoms with Crippen LogP contribution in [0.15, 0.2) is 77.5 Å². The fourth-order valence-electron chi connectivity index (χ4n) is 4.03. The van der Waals surface area contributed by atoms with Gasteiger partial charge in [0.15, 0.2) is 5.76 Å². The Morgan fingerprint density at radius 1 is 1.03 bits per heavy atom. The Morgan fingerprint density at radius 2 is 1.70 bits per heavy atom. The van der Waals surface area contributed by atoms with Crippen LogP contribution >= 0.6 is 0 Å². The molecule has 5 rings (SSSR count). The van der Waals surface area contributed by atoms with Crippen molar-refractivity contribution in [2.75, 3.05) is 32.6 Å². The lowest BCUT2D eigenvalue weighted by atomic mass is 10.1. The van der Waals surface area contributed by atoms with E-state index in [9.17, 15) is 9.59 Å². The van der Waals surface area contributed by atoms with E-state index in [0.29, 0.717) is 24.1 Å². The molecule has 0 aliphatic heterocycles. The maximum atomic E-state index is 13.2. The number of methoxy groups -OCH3 is 2. The lowest BCUT2D eigenvalue weighted by Crippen LogP contribution is -2.39. The quantitative estimate of drug-likeness (QED) is 0.341. The van der Waals surface area contributed by atoms with E-state index in [4.69, 9.17) is 18.9 Å². The summed E-state index contributed by atoms with van der Waals surface area (Å²) in [5.41, 5.74) is 2.34. The molecule has 0 unspecified atom stereocenters. The molecule has 1 N–H and O–H groups in total. The zero-order valence-corrected chi connectivity index (χ0v) is 20.7. The third kappa shape index (κ3) is 5.66. The first kappa shape index (κ1) is 24.2. The van der Waals surface area contributed by atoms with E-state index in [-0.39, 0.29) is 24.1 Å². The van der Waals surface area contributed by atoms with Crippen LogP contribution in [0.1, 0.15) is 23.4 Å². The average Bonchev–Trinajstić information content (AvgIpc) is 3.39. The number of amides is 2. The van der Waals surface area contributed by atoms with E-state index in [2.05, 4.69) is 5.32 Å². The molecule has 4 aromatic rings. The molecule has 9 heteroatoms. The highest BCUT2D eigenvalue weighted by molar-refractivity contribution is 5.97. The van der Waals surface area contributed by atoms with Crippen LogP contribution in [0.3, 0.4) is 0 Å². The van der Waals surface area contributed by atoms with Crippen LogP contribution < -0.4 is 14.8 Å². The number of anilines is 1. The molecule has 37 heavy (non-hydrogen) atoms. The summed E-state index contributed by atoms with van der Waals surface area (Å²) in [6.07, 6.45) is 5.41. The second-order valence-corrected chi connectivity index (χ2v) is 8.90. The molecule has 0 spiro atoms. The van der Waals surface area contributed by atoms with Gasteiger partial charge in [-0.1, -0.05) is 0 Å². The molecule has 2 amide bonds. The Bertz CT molecular complexity index is 1360. The summed E-state index contributed by atoms with van der Waals surface area (Å²) < 4.78 is 17.6. The van der Waals surface area contributed by atoms with Crippen LogP contribution in [-0.4, -0.2) is 53.6 Å². The predicted molar refractivity (Wildman–Crippen MR) is 138 cm³/mol. The molecular weight excluding hydrogens is 472 g/mol. The van der Waals surface area contributed by atoms with Crippen molar-refractivity contribution in [3.63, 3.8) is 0 Å². The Balaban J connectivity index is 1.41. The van der Waals surface area contributed by atoms with Gasteiger partial charge < -0.3 is 18.8 Å². The fourth-order valence-corrected chi connectivity index (χ4v) is 4.03. The van der Waals surface area contributed by atoms with Crippen LogP contribution in [-0.2, 0) is 4.79 Å². The van der Waals surface area contributed by atoms with Crippen molar-refractivity contribution in [2.24, 2.45) is 5.92 Å². The molecule has 9 nitrogen and oxygen atoms in total. The number of rotatable bonds is 10. The number of nitrogens with zero attached hydrogens (tertiary/aromatic N) is 3. The normalized spacial score (nSPS) is 12.7. The average molecular weight is 501 g/mol. The van der Waals surface area contributed by atoms with Crippen molar-refractivity contribution < 1.29 is 23.5 Å².